The van der Waals surface area contributed by atoms with Gasteiger partial charge in [0, 0.05) is 23.6 Å². The number of halogens is 2. The maximum absolute atomic E-state index is 13.7. The summed E-state index contributed by atoms with van der Waals surface area (Å²) in [6, 6.07) is 3.65. The number of aliphatic hydroxyl groups is 1. The first kappa shape index (κ1) is 14.6. The fourth-order valence-corrected chi connectivity index (χ4v) is 3.96. The first-order valence-electron chi connectivity index (χ1n) is 7.22. The van der Waals surface area contributed by atoms with E-state index in [9.17, 15) is 14.3 Å². The maximum Gasteiger partial charge on any atom is 0.319 e. The quantitative estimate of drug-likeness (QED) is 0.803. The van der Waals surface area contributed by atoms with E-state index in [4.69, 9.17) is 11.6 Å². The molecule has 0 aromatic heterocycles. The molecule has 6 heteroatoms. The number of amides is 2. The normalized spacial score (nSPS) is 30.4. The van der Waals surface area contributed by atoms with Crippen LogP contribution < -0.4 is 10.6 Å². The highest BCUT2D eigenvalue weighted by atomic mass is 35.5. The molecule has 4 nitrogen and oxygen atoms in total. The zero-order chi connectivity index (χ0) is 15.0. The third-order valence-electron chi connectivity index (χ3n) is 4.78. The van der Waals surface area contributed by atoms with Gasteiger partial charge in [0.05, 0.1) is 5.69 Å². The van der Waals surface area contributed by atoms with Crippen molar-refractivity contribution >= 4 is 23.3 Å². The Labute approximate surface area is 127 Å². The molecule has 1 aromatic rings. The molecular formula is C15H18ClFN2O2. The molecule has 3 rings (SSSR count). The van der Waals surface area contributed by atoms with Crippen molar-refractivity contribution in [3.05, 3.63) is 29.0 Å². The summed E-state index contributed by atoms with van der Waals surface area (Å²) in [7, 11) is 0. The molecule has 2 bridgehead atoms. The van der Waals surface area contributed by atoms with Crippen LogP contribution in [0.25, 0.3) is 0 Å². The van der Waals surface area contributed by atoms with E-state index in [1.54, 1.807) is 0 Å². The van der Waals surface area contributed by atoms with Crippen LogP contribution in [0.1, 0.15) is 19.3 Å². The third kappa shape index (κ3) is 2.85. The Morgan fingerprint density at radius 1 is 1.38 bits per heavy atom. The summed E-state index contributed by atoms with van der Waals surface area (Å²) < 4.78 is 13.7. The predicted molar refractivity (Wildman–Crippen MR) is 78.8 cm³/mol. The summed E-state index contributed by atoms with van der Waals surface area (Å²) in [5, 5.41) is 15.2. The number of carbonyl (C=O) groups is 1. The molecule has 4 atom stereocenters. The van der Waals surface area contributed by atoms with Gasteiger partial charge in [0.1, 0.15) is 5.82 Å². The number of anilines is 1. The fourth-order valence-electron chi connectivity index (χ4n) is 3.80. The lowest BCUT2D eigenvalue weighted by Crippen LogP contribution is -2.46. The highest BCUT2D eigenvalue weighted by molar-refractivity contribution is 6.30. The first-order chi connectivity index (χ1) is 10.1. The number of aliphatic hydroxyl groups excluding tert-OH is 1. The Morgan fingerprint density at radius 2 is 2.14 bits per heavy atom. The van der Waals surface area contributed by atoms with Crippen molar-refractivity contribution in [3.8, 4) is 0 Å². The van der Waals surface area contributed by atoms with E-state index in [1.807, 2.05) is 0 Å². The summed E-state index contributed by atoms with van der Waals surface area (Å²) in [6.07, 6.45) is 3.27. The molecule has 1 aromatic carbocycles. The molecule has 2 amide bonds. The van der Waals surface area contributed by atoms with Crippen molar-refractivity contribution in [3.63, 3.8) is 0 Å². The van der Waals surface area contributed by atoms with Gasteiger partial charge in [-0.25, -0.2) is 9.18 Å². The van der Waals surface area contributed by atoms with E-state index in [0.29, 0.717) is 11.8 Å². The topological polar surface area (TPSA) is 61.4 Å². The highest BCUT2D eigenvalue weighted by Crippen LogP contribution is 2.48. The molecule has 0 aliphatic heterocycles. The minimum absolute atomic E-state index is 0.0240. The number of fused-ring (bicyclic) bond motifs is 2. The van der Waals surface area contributed by atoms with Crippen LogP contribution in [0.5, 0.6) is 0 Å². The van der Waals surface area contributed by atoms with E-state index in [1.165, 1.54) is 12.1 Å². The SMILES string of the molecule is O=C(Nc1ccc(Cl)cc1F)NC1C2CCC(C2)C1CO. The summed E-state index contributed by atoms with van der Waals surface area (Å²) in [6.45, 7) is 0.0847. The van der Waals surface area contributed by atoms with Crippen molar-refractivity contribution in [1.82, 2.24) is 5.32 Å². The lowest BCUT2D eigenvalue weighted by atomic mass is 9.85. The van der Waals surface area contributed by atoms with E-state index in [0.717, 1.165) is 25.3 Å². The van der Waals surface area contributed by atoms with Crippen LogP contribution in [0.3, 0.4) is 0 Å². The summed E-state index contributed by atoms with van der Waals surface area (Å²) in [4.78, 5) is 12.0. The number of rotatable bonds is 3. The molecule has 114 valence electrons. The van der Waals surface area contributed by atoms with Gasteiger partial charge in [-0.3, -0.25) is 0 Å². The standard InChI is InChI=1S/C15H18ClFN2O2/c16-10-3-4-13(12(17)6-10)18-15(21)19-14-9-2-1-8(5-9)11(14)7-20/h3-4,6,8-9,11,14,20H,1-2,5,7H2,(H2,18,19,21). The molecule has 2 saturated carbocycles. The van der Waals surface area contributed by atoms with Gasteiger partial charge in [0.15, 0.2) is 0 Å². The van der Waals surface area contributed by atoms with Gasteiger partial charge in [0.2, 0.25) is 0 Å². The van der Waals surface area contributed by atoms with E-state index in [-0.39, 0.29) is 29.3 Å². The van der Waals surface area contributed by atoms with Crippen LogP contribution in [-0.4, -0.2) is 23.8 Å². The zero-order valence-corrected chi connectivity index (χ0v) is 12.2. The Kier molecular flexibility index (Phi) is 4.04. The molecule has 21 heavy (non-hydrogen) atoms. The Morgan fingerprint density at radius 3 is 2.86 bits per heavy atom. The summed E-state index contributed by atoms with van der Waals surface area (Å²) >= 11 is 5.68. The van der Waals surface area contributed by atoms with E-state index < -0.39 is 11.8 Å². The first-order valence-corrected chi connectivity index (χ1v) is 7.59. The van der Waals surface area contributed by atoms with Gasteiger partial charge >= 0.3 is 6.03 Å². The van der Waals surface area contributed by atoms with Crippen LogP contribution >= 0.6 is 11.6 Å². The molecule has 3 N–H and O–H groups in total. The summed E-state index contributed by atoms with van der Waals surface area (Å²) in [5.41, 5.74) is 0.0978. The van der Waals surface area contributed by atoms with Gasteiger partial charge in [-0.1, -0.05) is 11.6 Å². The van der Waals surface area contributed by atoms with Gasteiger partial charge < -0.3 is 15.7 Å². The third-order valence-corrected chi connectivity index (χ3v) is 5.01. The molecule has 0 saturated heterocycles. The number of hydrogen-bond donors (Lipinski definition) is 3. The second-order valence-electron chi connectivity index (χ2n) is 5.93. The average Bonchev–Trinajstić information content (AvgIpc) is 3.03. The molecule has 2 aliphatic carbocycles. The van der Waals surface area contributed by atoms with Crippen LogP contribution in [0, 0.1) is 23.6 Å². The van der Waals surface area contributed by atoms with Gasteiger partial charge in [-0.2, -0.15) is 0 Å². The van der Waals surface area contributed by atoms with Crippen molar-refractivity contribution in [2.75, 3.05) is 11.9 Å². The minimum atomic E-state index is -0.565. The van der Waals surface area contributed by atoms with Crippen molar-refractivity contribution in [2.24, 2.45) is 17.8 Å². The second kappa shape index (κ2) is 5.81. The number of hydrogen-bond acceptors (Lipinski definition) is 2. The number of urea groups is 1. The summed E-state index contributed by atoms with van der Waals surface area (Å²) in [5.74, 6) is 0.472. The van der Waals surface area contributed by atoms with Crippen LogP contribution in [0.4, 0.5) is 14.9 Å². The maximum atomic E-state index is 13.7. The highest BCUT2D eigenvalue weighted by Gasteiger charge is 2.47. The van der Waals surface area contributed by atoms with E-state index in [2.05, 4.69) is 10.6 Å². The Balaban J connectivity index is 1.64. The molecular weight excluding hydrogens is 295 g/mol. The Bertz CT molecular complexity index is 554. The molecule has 0 radical (unpaired) electrons. The molecule has 4 unspecified atom stereocenters. The number of benzene rings is 1. The van der Waals surface area contributed by atoms with Gasteiger partial charge in [0.25, 0.3) is 0 Å². The smallest absolute Gasteiger partial charge is 0.319 e. The fraction of sp³-hybridized carbons (Fsp3) is 0.533. The Hall–Kier alpha value is -1.33. The second-order valence-corrected chi connectivity index (χ2v) is 6.36. The number of carbonyl (C=O) groups excluding carboxylic acids is 1. The monoisotopic (exact) mass is 312 g/mol. The van der Waals surface area contributed by atoms with Crippen LogP contribution in [0.2, 0.25) is 5.02 Å². The molecule has 0 heterocycles. The van der Waals surface area contributed by atoms with Crippen molar-refractivity contribution < 1.29 is 14.3 Å². The zero-order valence-electron chi connectivity index (χ0n) is 11.5. The largest absolute Gasteiger partial charge is 0.396 e. The molecule has 2 aliphatic rings. The average molecular weight is 313 g/mol. The van der Waals surface area contributed by atoms with Gasteiger partial charge in [-0.05, 0) is 49.3 Å². The van der Waals surface area contributed by atoms with Gasteiger partial charge in [-0.15, -0.1) is 0 Å². The van der Waals surface area contributed by atoms with E-state index >= 15 is 0 Å². The lowest BCUT2D eigenvalue weighted by Gasteiger charge is -2.30. The minimum Gasteiger partial charge on any atom is -0.396 e. The van der Waals surface area contributed by atoms with Crippen molar-refractivity contribution in [1.29, 1.82) is 0 Å². The molecule has 0 spiro atoms. The number of nitrogens with one attached hydrogen (secondary N) is 2. The van der Waals surface area contributed by atoms with Crippen molar-refractivity contribution in [2.45, 2.75) is 25.3 Å². The lowest BCUT2D eigenvalue weighted by molar-refractivity contribution is 0.146. The predicted octanol–water partition coefficient (Wildman–Crippen LogP) is 3.01. The van der Waals surface area contributed by atoms with Crippen LogP contribution in [-0.2, 0) is 0 Å². The van der Waals surface area contributed by atoms with Crippen LogP contribution in [0.15, 0.2) is 18.2 Å². The molecule has 2 fully saturated rings.